The Hall–Kier alpha value is -1.76. The second-order valence-corrected chi connectivity index (χ2v) is 9.18. The molecular weight excluding hydrogens is 374 g/mol. The Morgan fingerprint density at radius 3 is 2.96 bits per heavy atom. The Kier molecular flexibility index (Phi) is 5.86. The van der Waals surface area contributed by atoms with Crippen molar-refractivity contribution in [2.24, 2.45) is 0 Å². The summed E-state index contributed by atoms with van der Waals surface area (Å²) in [7, 11) is 0. The van der Waals surface area contributed by atoms with Gasteiger partial charge in [0.1, 0.15) is 0 Å². The van der Waals surface area contributed by atoms with Crippen molar-refractivity contribution >= 4 is 38.8 Å². The SMILES string of the molecule is CCN(Cc1cccs1)C(=O)CN1CCC[C@@H](c2nc3ccccc3s2)C1. The van der Waals surface area contributed by atoms with Crippen LogP contribution in [0, 0.1) is 0 Å². The van der Waals surface area contributed by atoms with E-state index in [2.05, 4.69) is 41.5 Å². The van der Waals surface area contributed by atoms with E-state index in [9.17, 15) is 4.79 Å². The molecule has 1 amide bonds. The van der Waals surface area contributed by atoms with Gasteiger partial charge in [-0.25, -0.2) is 4.98 Å². The van der Waals surface area contributed by atoms with Crippen molar-refractivity contribution in [3.05, 3.63) is 51.7 Å². The van der Waals surface area contributed by atoms with Crippen LogP contribution in [0.3, 0.4) is 0 Å². The zero-order chi connectivity index (χ0) is 18.6. The Bertz CT molecular complexity index is 857. The number of fused-ring (bicyclic) bond motifs is 1. The summed E-state index contributed by atoms with van der Waals surface area (Å²) in [6.45, 7) is 5.99. The van der Waals surface area contributed by atoms with Crippen molar-refractivity contribution in [2.75, 3.05) is 26.2 Å². The number of carbonyl (C=O) groups excluding carboxylic acids is 1. The van der Waals surface area contributed by atoms with Gasteiger partial charge < -0.3 is 4.90 Å². The van der Waals surface area contributed by atoms with Crippen LogP contribution in [0.2, 0.25) is 0 Å². The number of likely N-dealkylation sites (N-methyl/N-ethyl adjacent to an activating group) is 1. The number of amides is 1. The van der Waals surface area contributed by atoms with Crippen LogP contribution < -0.4 is 0 Å². The third-order valence-electron chi connectivity index (χ3n) is 5.19. The van der Waals surface area contributed by atoms with Gasteiger partial charge >= 0.3 is 0 Å². The first-order chi connectivity index (χ1) is 13.2. The van der Waals surface area contributed by atoms with Gasteiger partial charge in [-0.1, -0.05) is 18.2 Å². The maximum absolute atomic E-state index is 12.8. The van der Waals surface area contributed by atoms with Crippen LogP contribution in [0.5, 0.6) is 0 Å². The molecule has 1 fully saturated rings. The summed E-state index contributed by atoms with van der Waals surface area (Å²) < 4.78 is 1.26. The van der Waals surface area contributed by atoms with E-state index in [1.54, 1.807) is 22.7 Å². The molecule has 2 aromatic heterocycles. The number of nitrogens with zero attached hydrogens (tertiary/aromatic N) is 3. The topological polar surface area (TPSA) is 36.4 Å². The van der Waals surface area contributed by atoms with Gasteiger partial charge in [0.05, 0.1) is 28.3 Å². The fraction of sp³-hybridized carbons (Fsp3) is 0.429. The lowest BCUT2D eigenvalue weighted by Crippen LogP contribution is -2.43. The molecular formula is C21H25N3OS2. The quantitative estimate of drug-likeness (QED) is 0.608. The van der Waals surface area contributed by atoms with E-state index in [0.717, 1.165) is 44.5 Å². The first-order valence-corrected chi connectivity index (χ1v) is 11.3. The monoisotopic (exact) mass is 399 g/mol. The predicted octanol–water partition coefficient (Wildman–Crippen LogP) is 4.59. The molecule has 6 heteroatoms. The highest BCUT2D eigenvalue weighted by Gasteiger charge is 2.26. The first kappa shape index (κ1) is 18.6. The van der Waals surface area contributed by atoms with E-state index < -0.39 is 0 Å². The molecule has 142 valence electrons. The number of hydrogen-bond acceptors (Lipinski definition) is 5. The second-order valence-electron chi connectivity index (χ2n) is 7.08. The fourth-order valence-corrected chi connectivity index (χ4v) is 5.54. The number of aromatic nitrogens is 1. The van der Waals surface area contributed by atoms with Gasteiger partial charge in [-0.3, -0.25) is 9.69 Å². The van der Waals surface area contributed by atoms with Crippen LogP contribution in [0.15, 0.2) is 41.8 Å². The van der Waals surface area contributed by atoms with E-state index >= 15 is 0 Å². The highest BCUT2D eigenvalue weighted by molar-refractivity contribution is 7.18. The van der Waals surface area contributed by atoms with E-state index in [1.807, 2.05) is 17.0 Å². The molecule has 0 N–H and O–H groups in total. The molecule has 4 rings (SSSR count). The smallest absolute Gasteiger partial charge is 0.237 e. The van der Waals surface area contributed by atoms with Gasteiger partial charge in [0.2, 0.25) is 5.91 Å². The summed E-state index contributed by atoms with van der Waals surface area (Å²) in [4.78, 5) is 23.2. The lowest BCUT2D eigenvalue weighted by Gasteiger charge is -2.32. The summed E-state index contributed by atoms with van der Waals surface area (Å²) in [5.74, 6) is 0.673. The molecule has 3 heterocycles. The minimum absolute atomic E-state index is 0.232. The Labute approximate surface area is 168 Å². The number of thiazole rings is 1. The van der Waals surface area contributed by atoms with Crippen LogP contribution in [-0.2, 0) is 11.3 Å². The normalized spacial score (nSPS) is 18.0. The van der Waals surface area contributed by atoms with E-state index in [0.29, 0.717) is 12.5 Å². The van der Waals surface area contributed by atoms with E-state index in [4.69, 9.17) is 4.98 Å². The molecule has 0 bridgehead atoms. The second kappa shape index (κ2) is 8.50. The minimum Gasteiger partial charge on any atom is -0.337 e. The van der Waals surface area contributed by atoms with Crippen molar-refractivity contribution in [3.63, 3.8) is 0 Å². The van der Waals surface area contributed by atoms with Gasteiger partial charge in [-0.2, -0.15) is 0 Å². The lowest BCUT2D eigenvalue weighted by atomic mass is 9.98. The number of likely N-dealkylation sites (tertiary alicyclic amines) is 1. The maximum Gasteiger partial charge on any atom is 0.237 e. The molecule has 4 nitrogen and oxygen atoms in total. The molecule has 1 aliphatic rings. The highest BCUT2D eigenvalue weighted by atomic mass is 32.1. The molecule has 1 atom stereocenters. The van der Waals surface area contributed by atoms with Crippen molar-refractivity contribution in [1.29, 1.82) is 0 Å². The van der Waals surface area contributed by atoms with E-state index in [1.165, 1.54) is 14.6 Å². The Balaban J connectivity index is 1.39. The molecule has 1 aliphatic heterocycles. The standard InChI is InChI=1S/C21H25N3OS2/c1-2-24(14-17-8-6-12-26-17)20(25)15-23-11-5-7-16(13-23)21-22-18-9-3-4-10-19(18)27-21/h3-4,6,8-10,12,16H,2,5,7,11,13-15H2,1H3/t16-/m1/s1. The minimum atomic E-state index is 0.232. The van der Waals surface area contributed by atoms with Crippen molar-refractivity contribution in [2.45, 2.75) is 32.2 Å². The molecule has 0 unspecified atom stereocenters. The molecule has 0 aliphatic carbocycles. The van der Waals surface area contributed by atoms with Crippen LogP contribution in [-0.4, -0.2) is 46.9 Å². The number of piperidine rings is 1. The van der Waals surface area contributed by atoms with Gasteiger partial charge in [-0.05, 0) is 49.9 Å². The summed E-state index contributed by atoms with van der Waals surface area (Å²) in [5, 5.41) is 3.29. The zero-order valence-corrected chi connectivity index (χ0v) is 17.3. The van der Waals surface area contributed by atoms with Crippen LogP contribution in [0.1, 0.15) is 35.6 Å². The maximum atomic E-state index is 12.8. The third-order valence-corrected chi connectivity index (χ3v) is 7.25. The number of benzene rings is 1. The number of carbonyl (C=O) groups is 1. The van der Waals surface area contributed by atoms with E-state index in [-0.39, 0.29) is 5.91 Å². The zero-order valence-electron chi connectivity index (χ0n) is 15.6. The molecule has 3 aromatic rings. The largest absolute Gasteiger partial charge is 0.337 e. The van der Waals surface area contributed by atoms with Gasteiger partial charge in [0, 0.05) is 23.9 Å². The highest BCUT2D eigenvalue weighted by Crippen LogP contribution is 2.32. The fourth-order valence-electron chi connectivity index (χ4n) is 3.72. The van der Waals surface area contributed by atoms with Crippen molar-refractivity contribution in [1.82, 2.24) is 14.8 Å². The summed E-state index contributed by atoms with van der Waals surface area (Å²) in [6, 6.07) is 12.5. The summed E-state index contributed by atoms with van der Waals surface area (Å²) in [6.07, 6.45) is 2.29. The van der Waals surface area contributed by atoms with Crippen molar-refractivity contribution < 1.29 is 4.79 Å². The molecule has 0 radical (unpaired) electrons. The molecule has 1 aromatic carbocycles. The Morgan fingerprint density at radius 2 is 2.19 bits per heavy atom. The summed E-state index contributed by atoms with van der Waals surface area (Å²) in [5.41, 5.74) is 1.10. The molecule has 0 saturated carbocycles. The number of rotatable bonds is 6. The molecule has 0 spiro atoms. The average molecular weight is 400 g/mol. The molecule has 1 saturated heterocycles. The van der Waals surface area contributed by atoms with Gasteiger partial charge in [0.15, 0.2) is 0 Å². The number of hydrogen-bond donors (Lipinski definition) is 0. The average Bonchev–Trinajstić information content (AvgIpc) is 3.35. The number of para-hydroxylation sites is 1. The van der Waals surface area contributed by atoms with Crippen LogP contribution >= 0.6 is 22.7 Å². The van der Waals surface area contributed by atoms with Crippen LogP contribution in [0.4, 0.5) is 0 Å². The van der Waals surface area contributed by atoms with Crippen molar-refractivity contribution in [3.8, 4) is 0 Å². The van der Waals surface area contributed by atoms with Gasteiger partial charge in [-0.15, -0.1) is 22.7 Å². The Morgan fingerprint density at radius 1 is 1.30 bits per heavy atom. The first-order valence-electron chi connectivity index (χ1n) is 9.61. The summed E-state index contributed by atoms with van der Waals surface area (Å²) >= 11 is 3.52. The lowest BCUT2D eigenvalue weighted by molar-refractivity contribution is -0.133. The third kappa shape index (κ3) is 4.39. The molecule has 27 heavy (non-hydrogen) atoms. The van der Waals surface area contributed by atoms with Crippen LogP contribution in [0.25, 0.3) is 10.2 Å². The number of thiophene rings is 1. The van der Waals surface area contributed by atoms with Gasteiger partial charge in [0.25, 0.3) is 0 Å². The predicted molar refractivity (Wildman–Crippen MR) is 113 cm³/mol.